The van der Waals surface area contributed by atoms with Crippen molar-refractivity contribution in [2.75, 3.05) is 24.6 Å². The second-order valence-electron chi connectivity index (χ2n) is 3.59. The van der Waals surface area contributed by atoms with E-state index in [1.807, 2.05) is 0 Å². The molecular weight excluding hydrogens is 208 g/mol. The molecule has 0 bridgehead atoms. The molecule has 1 fully saturated rings. The molecule has 1 aliphatic carbocycles. The van der Waals surface area contributed by atoms with Crippen molar-refractivity contribution in [2.45, 2.75) is 25.3 Å². The Morgan fingerprint density at radius 1 is 1.47 bits per heavy atom. The third kappa shape index (κ3) is 7.29. The monoisotopic (exact) mass is 226 g/mol. The molecule has 84 valence electrons. The molecule has 1 aliphatic rings. The summed E-state index contributed by atoms with van der Waals surface area (Å²) in [5.74, 6) is 4.30. The molecule has 0 atom stereocenters. The first kappa shape index (κ1) is 12.4. The van der Waals surface area contributed by atoms with Crippen LogP contribution in [0.25, 0.3) is 0 Å². The smallest absolute Gasteiger partial charge is 0.221 e. The summed E-state index contributed by atoms with van der Waals surface area (Å²) in [4.78, 5) is 11.3. The van der Waals surface area contributed by atoms with Crippen molar-refractivity contribution in [3.63, 3.8) is 0 Å². The number of amides is 1. The van der Waals surface area contributed by atoms with Crippen molar-refractivity contribution >= 4 is 17.7 Å². The summed E-state index contributed by atoms with van der Waals surface area (Å²) >= 11 is 1.67. The van der Waals surface area contributed by atoms with Crippen LogP contribution in [0, 0.1) is 12.3 Å². The van der Waals surface area contributed by atoms with E-state index in [0.29, 0.717) is 19.0 Å². The number of nitrogens with one attached hydrogen (secondary N) is 2. The fraction of sp³-hybridized carbons (Fsp3) is 0.727. The van der Waals surface area contributed by atoms with Crippen LogP contribution < -0.4 is 10.6 Å². The van der Waals surface area contributed by atoms with E-state index in [4.69, 9.17) is 6.42 Å². The molecule has 1 amide bonds. The number of hydrogen-bond donors (Lipinski definition) is 2. The molecule has 0 aliphatic heterocycles. The van der Waals surface area contributed by atoms with Gasteiger partial charge in [-0.25, -0.2) is 0 Å². The van der Waals surface area contributed by atoms with Crippen LogP contribution in [0.4, 0.5) is 0 Å². The normalized spacial score (nSPS) is 14.6. The van der Waals surface area contributed by atoms with E-state index >= 15 is 0 Å². The quantitative estimate of drug-likeness (QED) is 0.471. The summed E-state index contributed by atoms with van der Waals surface area (Å²) < 4.78 is 0. The maximum absolute atomic E-state index is 11.3. The SMILES string of the molecule is C#CCSCCNC(=O)CCNC1CC1. The zero-order valence-electron chi connectivity index (χ0n) is 8.92. The van der Waals surface area contributed by atoms with E-state index < -0.39 is 0 Å². The Morgan fingerprint density at radius 2 is 2.27 bits per heavy atom. The fourth-order valence-electron chi connectivity index (χ4n) is 1.16. The van der Waals surface area contributed by atoms with Gasteiger partial charge in [0.05, 0.1) is 5.75 Å². The van der Waals surface area contributed by atoms with Crippen LogP contribution in [0.1, 0.15) is 19.3 Å². The van der Waals surface area contributed by atoms with Crippen molar-refractivity contribution in [3.05, 3.63) is 0 Å². The molecule has 15 heavy (non-hydrogen) atoms. The summed E-state index contributed by atoms with van der Waals surface area (Å²) in [6, 6.07) is 0.684. The molecule has 0 heterocycles. The maximum atomic E-state index is 11.3. The standard InChI is InChI=1S/C11H18N2OS/c1-2-8-15-9-7-13-11(14)5-6-12-10-3-4-10/h1,10,12H,3-9H2,(H,13,14). The molecule has 0 aromatic rings. The van der Waals surface area contributed by atoms with E-state index in [1.54, 1.807) is 11.8 Å². The van der Waals surface area contributed by atoms with E-state index in [-0.39, 0.29) is 5.91 Å². The third-order valence-electron chi connectivity index (χ3n) is 2.12. The van der Waals surface area contributed by atoms with Crippen molar-refractivity contribution in [1.82, 2.24) is 10.6 Å². The second-order valence-corrected chi connectivity index (χ2v) is 4.69. The van der Waals surface area contributed by atoms with Crippen LogP contribution in [0.3, 0.4) is 0 Å². The van der Waals surface area contributed by atoms with Gasteiger partial charge in [0, 0.05) is 31.3 Å². The highest BCUT2D eigenvalue weighted by Crippen LogP contribution is 2.18. The summed E-state index contributed by atoms with van der Waals surface area (Å²) in [6.07, 6.45) is 8.22. The predicted octanol–water partition coefficient (Wildman–Crippen LogP) is 0.611. The molecule has 0 aromatic carbocycles. The Hall–Kier alpha value is -0.660. The highest BCUT2D eigenvalue weighted by atomic mass is 32.2. The van der Waals surface area contributed by atoms with Gasteiger partial charge in [-0.3, -0.25) is 4.79 Å². The number of carbonyl (C=O) groups is 1. The van der Waals surface area contributed by atoms with Crippen LogP contribution in [-0.2, 0) is 4.79 Å². The predicted molar refractivity (Wildman–Crippen MR) is 64.8 cm³/mol. The summed E-state index contributed by atoms with van der Waals surface area (Å²) in [5, 5.41) is 6.17. The molecular formula is C11H18N2OS. The summed E-state index contributed by atoms with van der Waals surface area (Å²) in [6.45, 7) is 1.52. The molecule has 3 nitrogen and oxygen atoms in total. The number of thioether (sulfide) groups is 1. The molecule has 1 rings (SSSR count). The first-order valence-corrected chi connectivity index (χ1v) is 6.49. The van der Waals surface area contributed by atoms with E-state index in [2.05, 4.69) is 16.6 Å². The average Bonchev–Trinajstić information content (AvgIpc) is 3.01. The molecule has 0 saturated heterocycles. The van der Waals surface area contributed by atoms with Crippen molar-refractivity contribution in [1.29, 1.82) is 0 Å². The van der Waals surface area contributed by atoms with Crippen molar-refractivity contribution in [2.24, 2.45) is 0 Å². The van der Waals surface area contributed by atoms with Gasteiger partial charge >= 0.3 is 0 Å². The number of hydrogen-bond acceptors (Lipinski definition) is 3. The lowest BCUT2D eigenvalue weighted by Crippen LogP contribution is -2.29. The van der Waals surface area contributed by atoms with E-state index in [1.165, 1.54) is 12.8 Å². The van der Waals surface area contributed by atoms with Gasteiger partial charge in [0.25, 0.3) is 0 Å². The van der Waals surface area contributed by atoms with Gasteiger partial charge in [-0.1, -0.05) is 5.92 Å². The van der Waals surface area contributed by atoms with Crippen LogP contribution in [-0.4, -0.2) is 36.5 Å². The topological polar surface area (TPSA) is 41.1 Å². The van der Waals surface area contributed by atoms with Crippen molar-refractivity contribution < 1.29 is 4.79 Å². The van der Waals surface area contributed by atoms with Crippen LogP contribution >= 0.6 is 11.8 Å². The first-order chi connectivity index (χ1) is 7.33. The van der Waals surface area contributed by atoms with Crippen LogP contribution in [0.15, 0.2) is 0 Å². The first-order valence-electron chi connectivity index (χ1n) is 5.34. The number of rotatable bonds is 8. The minimum absolute atomic E-state index is 0.129. The van der Waals surface area contributed by atoms with Crippen LogP contribution in [0.5, 0.6) is 0 Å². The number of carbonyl (C=O) groups excluding carboxylic acids is 1. The summed E-state index contributed by atoms with van der Waals surface area (Å²) in [7, 11) is 0. The highest BCUT2D eigenvalue weighted by Gasteiger charge is 2.19. The van der Waals surface area contributed by atoms with Crippen LogP contribution in [0.2, 0.25) is 0 Å². The Balaban J connectivity index is 1.82. The number of terminal acetylenes is 1. The molecule has 2 N–H and O–H groups in total. The van der Waals surface area contributed by atoms with Gasteiger partial charge < -0.3 is 10.6 Å². The zero-order valence-corrected chi connectivity index (χ0v) is 9.74. The second kappa shape index (κ2) is 7.61. The van der Waals surface area contributed by atoms with Crippen molar-refractivity contribution in [3.8, 4) is 12.3 Å². The van der Waals surface area contributed by atoms with Gasteiger partial charge in [-0.15, -0.1) is 18.2 Å². The lowest BCUT2D eigenvalue weighted by Gasteiger charge is -2.04. The van der Waals surface area contributed by atoms with Gasteiger partial charge in [-0.05, 0) is 12.8 Å². The lowest BCUT2D eigenvalue weighted by atomic mass is 10.4. The van der Waals surface area contributed by atoms with Gasteiger partial charge in [-0.2, -0.15) is 0 Å². The largest absolute Gasteiger partial charge is 0.355 e. The third-order valence-corrected chi connectivity index (χ3v) is 2.98. The Labute approximate surface area is 95.8 Å². The minimum atomic E-state index is 0.129. The average molecular weight is 226 g/mol. The van der Waals surface area contributed by atoms with Gasteiger partial charge in [0.2, 0.25) is 5.91 Å². The molecule has 4 heteroatoms. The Bertz CT molecular complexity index is 233. The van der Waals surface area contributed by atoms with E-state index in [0.717, 1.165) is 18.1 Å². The Kier molecular flexibility index (Phi) is 6.29. The Morgan fingerprint density at radius 3 is 2.93 bits per heavy atom. The maximum Gasteiger partial charge on any atom is 0.221 e. The van der Waals surface area contributed by atoms with Gasteiger partial charge in [0.15, 0.2) is 0 Å². The van der Waals surface area contributed by atoms with Gasteiger partial charge in [0.1, 0.15) is 0 Å². The lowest BCUT2D eigenvalue weighted by molar-refractivity contribution is -0.120. The molecule has 0 unspecified atom stereocenters. The minimum Gasteiger partial charge on any atom is -0.355 e. The summed E-state index contributed by atoms with van der Waals surface area (Å²) in [5.41, 5.74) is 0. The molecule has 1 saturated carbocycles. The molecule has 0 radical (unpaired) electrons. The zero-order chi connectivity index (χ0) is 10.9. The molecule has 0 aromatic heterocycles. The van der Waals surface area contributed by atoms with E-state index in [9.17, 15) is 4.79 Å². The molecule has 0 spiro atoms. The fourth-order valence-corrected chi connectivity index (χ4v) is 1.67. The highest BCUT2D eigenvalue weighted by molar-refractivity contribution is 7.99.